The van der Waals surface area contributed by atoms with E-state index in [9.17, 15) is 13.6 Å². The molecule has 1 aliphatic heterocycles. The van der Waals surface area contributed by atoms with Crippen LogP contribution < -0.4 is 11.4 Å². The average molecular weight is 373 g/mol. The lowest BCUT2D eigenvalue weighted by atomic mass is 10.1. The SMILES string of the molecule is N[C@@H]1CCCN(Cc2c3cc[nH]c3nc(=O)n2Cc2cc(F)ccc2F)C1. The molecule has 0 unspecified atom stereocenters. The smallest absolute Gasteiger partial charge is 0.346 e. The molecule has 6 nitrogen and oxygen atoms in total. The number of likely N-dealkylation sites (tertiary alicyclic amines) is 1. The van der Waals surface area contributed by atoms with Crippen molar-refractivity contribution in [2.75, 3.05) is 13.1 Å². The van der Waals surface area contributed by atoms with E-state index in [1.807, 2.05) is 6.07 Å². The number of nitrogens with one attached hydrogen (secondary N) is 1. The van der Waals surface area contributed by atoms with E-state index in [0.717, 1.165) is 55.2 Å². The van der Waals surface area contributed by atoms with Crippen molar-refractivity contribution >= 4 is 11.0 Å². The van der Waals surface area contributed by atoms with Gasteiger partial charge in [-0.1, -0.05) is 0 Å². The summed E-state index contributed by atoms with van der Waals surface area (Å²) in [6, 6.07) is 5.19. The maximum Gasteiger partial charge on any atom is 0.350 e. The van der Waals surface area contributed by atoms with Crippen LogP contribution in [0, 0.1) is 11.6 Å². The molecular weight excluding hydrogens is 352 g/mol. The predicted molar refractivity (Wildman–Crippen MR) is 98.3 cm³/mol. The Balaban J connectivity index is 1.77. The van der Waals surface area contributed by atoms with Crippen LogP contribution in [0.1, 0.15) is 24.1 Å². The van der Waals surface area contributed by atoms with Crippen LogP contribution in [0.3, 0.4) is 0 Å². The third-order valence-electron chi connectivity index (χ3n) is 5.05. The summed E-state index contributed by atoms with van der Waals surface area (Å²) in [4.78, 5) is 21.8. The fourth-order valence-electron chi connectivity index (χ4n) is 3.72. The van der Waals surface area contributed by atoms with Gasteiger partial charge in [0.25, 0.3) is 0 Å². The Bertz CT molecular complexity index is 1030. The fraction of sp³-hybridized carbons (Fsp3) is 0.368. The van der Waals surface area contributed by atoms with E-state index >= 15 is 0 Å². The van der Waals surface area contributed by atoms with Gasteiger partial charge in [0.2, 0.25) is 0 Å². The van der Waals surface area contributed by atoms with Gasteiger partial charge in [-0.2, -0.15) is 4.98 Å². The van der Waals surface area contributed by atoms with E-state index in [1.165, 1.54) is 4.57 Å². The first-order chi connectivity index (χ1) is 13.0. The third kappa shape index (κ3) is 3.63. The molecule has 0 aliphatic carbocycles. The zero-order valence-electron chi connectivity index (χ0n) is 14.8. The number of H-pyrrole nitrogens is 1. The number of benzene rings is 1. The van der Waals surface area contributed by atoms with E-state index in [1.54, 1.807) is 6.20 Å². The molecule has 1 fully saturated rings. The Labute approximate surface area is 154 Å². The van der Waals surface area contributed by atoms with Gasteiger partial charge in [0.15, 0.2) is 0 Å². The third-order valence-corrected chi connectivity index (χ3v) is 5.05. The van der Waals surface area contributed by atoms with E-state index in [-0.39, 0.29) is 18.2 Å². The molecule has 1 atom stereocenters. The van der Waals surface area contributed by atoms with E-state index in [2.05, 4.69) is 14.9 Å². The Morgan fingerprint density at radius 3 is 2.93 bits per heavy atom. The van der Waals surface area contributed by atoms with Gasteiger partial charge in [-0.15, -0.1) is 0 Å². The molecule has 142 valence electrons. The summed E-state index contributed by atoms with van der Waals surface area (Å²) in [6.45, 7) is 2.03. The molecular formula is C19H21F2N5O. The zero-order valence-corrected chi connectivity index (χ0v) is 14.8. The number of nitrogens with zero attached hydrogens (tertiary/aromatic N) is 3. The molecule has 0 radical (unpaired) electrons. The number of nitrogens with two attached hydrogens (primary N) is 1. The average Bonchev–Trinajstić information content (AvgIpc) is 3.09. The van der Waals surface area contributed by atoms with Crippen molar-refractivity contribution < 1.29 is 8.78 Å². The van der Waals surface area contributed by atoms with Gasteiger partial charge < -0.3 is 10.7 Å². The number of aromatic nitrogens is 3. The van der Waals surface area contributed by atoms with Crippen LogP contribution in [0.5, 0.6) is 0 Å². The standard InChI is InChI=1S/C19H21F2N5O/c20-13-3-4-16(21)12(8-13)9-26-17(11-25-7-1-2-14(22)10-25)15-5-6-23-18(15)24-19(26)27/h3-6,8,14H,1-2,7,9-11,22H2,(H,23,24,27)/t14-/m1/s1. The molecule has 2 aromatic heterocycles. The molecule has 4 rings (SSSR count). The molecule has 1 aromatic carbocycles. The summed E-state index contributed by atoms with van der Waals surface area (Å²) in [5, 5.41) is 0.797. The van der Waals surface area contributed by atoms with Gasteiger partial charge in [-0.05, 0) is 43.7 Å². The summed E-state index contributed by atoms with van der Waals surface area (Å²) in [7, 11) is 0. The number of piperidine rings is 1. The zero-order chi connectivity index (χ0) is 19.0. The first-order valence-electron chi connectivity index (χ1n) is 9.00. The topological polar surface area (TPSA) is 79.9 Å². The number of hydrogen-bond acceptors (Lipinski definition) is 4. The molecule has 1 aliphatic rings. The molecule has 3 N–H and O–H groups in total. The van der Waals surface area contributed by atoms with Crippen LogP contribution in [0.25, 0.3) is 11.0 Å². The van der Waals surface area contributed by atoms with Gasteiger partial charge in [-0.3, -0.25) is 9.47 Å². The number of fused-ring (bicyclic) bond motifs is 1. The van der Waals surface area contributed by atoms with Crippen molar-refractivity contribution in [3.63, 3.8) is 0 Å². The highest BCUT2D eigenvalue weighted by atomic mass is 19.1. The van der Waals surface area contributed by atoms with Crippen LogP contribution in [0.4, 0.5) is 8.78 Å². The maximum absolute atomic E-state index is 14.1. The van der Waals surface area contributed by atoms with Crippen molar-refractivity contribution in [2.24, 2.45) is 5.73 Å². The lowest BCUT2D eigenvalue weighted by Gasteiger charge is -2.31. The Morgan fingerprint density at radius 1 is 1.26 bits per heavy atom. The number of halogens is 2. The van der Waals surface area contributed by atoms with Gasteiger partial charge in [0.05, 0.1) is 6.54 Å². The molecule has 27 heavy (non-hydrogen) atoms. The Kier molecular flexibility index (Phi) is 4.75. The first-order valence-corrected chi connectivity index (χ1v) is 9.00. The van der Waals surface area contributed by atoms with E-state index in [4.69, 9.17) is 5.73 Å². The van der Waals surface area contributed by atoms with Crippen molar-refractivity contribution in [2.45, 2.75) is 32.0 Å². The fourth-order valence-corrected chi connectivity index (χ4v) is 3.72. The van der Waals surface area contributed by atoms with Gasteiger partial charge in [0.1, 0.15) is 17.3 Å². The summed E-state index contributed by atoms with van der Waals surface area (Å²) >= 11 is 0. The van der Waals surface area contributed by atoms with E-state index in [0.29, 0.717) is 12.2 Å². The number of aromatic amines is 1. The number of hydrogen-bond donors (Lipinski definition) is 2. The van der Waals surface area contributed by atoms with Crippen molar-refractivity contribution in [1.82, 2.24) is 19.4 Å². The quantitative estimate of drug-likeness (QED) is 0.733. The van der Waals surface area contributed by atoms with Crippen LogP contribution in [-0.4, -0.2) is 38.6 Å². The summed E-state index contributed by atoms with van der Waals surface area (Å²) in [5.41, 5.74) is 6.92. The second kappa shape index (κ2) is 7.21. The Hall–Kier alpha value is -2.58. The highest BCUT2D eigenvalue weighted by Crippen LogP contribution is 2.20. The molecule has 0 saturated carbocycles. The van der Waals surface area contributed by atoms with Crippen LogP contribution >= 0.6 is 0 Å². The normalized spacial score (nSPS) is 18.3. The van der Waals surface area contributed by atoms with Gasteiger partial charge in [-0.25, -0.2) is 13.6 Å². The molecule has 3 heterocycles. The number of rotatable bonds is 4. The van der Waals surface area contributed by atoms with Crippen molar-refractivity contribution in [3.05, 3.63) is 63.8 Å². The molecule has 8 heteroatoms. The minimum absolute atomic E-state index is 0.0776. The second-order valence-corrected chi connectivity index (χ2v) is 7.04. The molecule has 0 amide bonds. The molecule has 0 spiro atoms. The van der Waals surface area contributed by atoms with Gasteiger partial charge in [0, 0.05) is 42.0 Å². The molecule has 0 bridgehead atoms. The lowest BCUT2D eigenvalue weighted by Crippen LogP contribution is -2.43. The first kappa shape index (κ1) is 17.8. The second-order valence-electron chi connectivity index (χ2n) is 7.04. The van der Waals surface area contributed by atoms with E-state index < -0.39 is 17.3 Å². The minimum Gasteiger partial charge on any atom is -0.346 e. The van der Waals surface area contributed by atoms with Gasteiger partial charge >= 0.3 is 5.69 Å². The molecule has 1 saturated heterocycles. The largest absolute Gasteiger partial charge is 0.350 e. The van der Waals surface area contributed by atoms with Crippen LogP contribution in [0.2, 0.25) is 0 Å². The predicted octanol–water partition coefficient (Wildman–Crippen LogP) is 1.97. The summed E-state index contributed by atoms with van der Waals surface area (Å²) < 4.78 is 29.1. The summed E-state index contributed by atoms with van der Waals surface area (Å²) in [6.07, 6.45) is 3.69. The molecule has 3 aromatic rings. The Morgan fingerprint density at radius 2 is 2.11 bits per heavy atom. The van der Waals surface area contributed by atoms with Crippen LogP contribution in [-0.2, 0) is 13.1 Å². The highest BCUT2D eigenvalue weighted by Gasteiger charge is 2.21. The van der Waals surface area contributed by atoms with Crippen molar-refractivity contribution in [1.29, 1.82) is 0 Å². The minimum atomic E-state index is -0.552. The van der Waals surface area contributed by atoms with Crippen molar-refractivity contribution in [3.8, 4) is 0 Å². The lowest BCUT2D eigenvalue weighted by molar-refractivity contribution is 0.197. The maximum atomic E-state index is 14.1. The van der Waals surface area contributed by atoms with Crippen LogP contribution in [0.15, 0.2) is 35.3 Å². The highest BCUT2D eigenvalue weighted by molar-refractivity contribution is 5.77. The summed E-state index contributed by atoms with van der Waals surface area (Å²) in [5.74, 6) is -1.10. The monoisotopic (exact) mass is 373 g/mol.